The first-order chi connectivity index (χ1) is 33.7. The van der Waals surface area contributed by atoms with Gasteiger partial charge in [-0.3, -0.25) is 0 Å². The highest BCUT2D eigenvalue weighted by Crippen LogP contribution is 2.46. The molecule has 0 aliphatic rings. The summed E-state index contributed by atoms with van der Waals surface area (Å²) in [5.74, 6) is 0. The second-order valence-electron chi connectivity index (χ2n) is 17.3. The first kappa shape index (κ1) is 40.5. The fourth-order valence-electron chi connectivity index (χ4n) is 9.99. The van der Waals surface area contributed by atoms with E-state index in [4.69, 9.17) is 0 Å². The maximum absolute atomic E-state index is 2.42. The standard InChI is InChI=1S/C66H46N2/c1-4-19-47(20-5-1)51-23-18-24-52(45-51)48-35-40-55(41-36-48)67(64-33-16-14-31-61(64)60-30-13-12-29-59(60)58-28-11-10-27-57(58)50-21-6-2-7-22-50)56-42-37-49(38-43-56)53-39-44-66-63(46-53)62-32-15-17-34-65(62)68(66)54-25-8-3-9-26-54/h1-46H. The molecule has 1 heterocycles. The van der Waals surface area contributed by atoms with Crippen molar-refractivity contribution in [2.75, 3.05) is 4.90 Å². The molecule has 0 N–H and O–H groups in total. The molecule has 12 rings (SSSR count). The zero-order chi connectivity index (χ0) is 45.2. The van der Waals surface area contributed by atoms with Gasteiger partial charge in [-0.2, -0.15) is 0 Å². The van der Waals surface area contributed by atoms with Gasteiger partial charge in [-0.15, -0.1) is 0 Å². The molecule has 0 bridgehead atoms. The Labute approximate surface area is 397 Å². The number of nitrogens with zero attached hydrogens (tertiary/aromatic N) is 2. The van der Waals surface area contributed by atoms with Crippen LogP contribution >= 0.6 is 0 Å². The minimum absolute atomic E-state index is 1.07. The van der Waals surface area contributed by atoms with Crippen LogP contribution in [0.5, 0.6) is 0 Å². The van der Waals surface area contributed by atoms with Crippen molar-refractivity contribution in [3.8, 4) is 72.4 Å². The van der Waals surface area contributed by atoms with Crippen LogP contribution in [0, 0.1) is 0 Å². The quantitative estimate of drug-likeness (QED) is 0.133. The molecule has 0 unspecified atom stereocenters. The highest BCUT2D eigenvalue weighted by atomic mass is 15.1. The van der Waals surface area contributed by atoms with Gasteiger partial charge >= 0.3 is 0 Å². The van der Waals surface area contributed by atoms with Crippen molar-refractivity contribution in [1.82, 2.24) is 4.57 Å². The van der Waals surface area contributed by atoms with E-state index in [2.05, 4.69) is 289 Å². The maximum Gasteiger partial charge on any atom is 0.0541 e. The number of para-hydroxylation sites is 3. The van der Waals surface area contributed by atoms with Gasteiger partial charge in [-0.05, 0) is 128 Å². The lowest BCUT2D eigenvalue weighted by Crippen LogP contribution is -2.11. The average molecular weight is 867 g/mol. The van der Waals surface area contributed by atoms with Crippen LogP contribution in [-0.4, -0.2) is 4.57 Å². The van der Waals surface area contributed by atoms with Gasteiger partial charge in [0, 0.05) is 33.4 Å². The van der Waals surface area contributed by atoms with Gasteiger partial charge in [0.2, 0.25) is 0 Å². The van der Waals surface area contributed by atoms with Crippen LogP contribution < -0.4 is 4.90 Å². The Hall–Kier alpha value is -8.98. The van der Waals surface area contributed by atoms with E-state index in [9.17, 15) is 0 Å². The number of benzene rings is 11. The summed E-state index contributed by atoms with van der Waals surface area (Å²) in [7, 11) is 0. The molecule has 0 atom stereocenters. The Kier molecular flexibility index (Phi) is 10.6. The van der Waals surface area contributed by atoms with Crippen LogP contribution in [0.1, 0.15) is 0 Å². The Morgan fingerprint density at radius 3 is 1.28 bits per heavy atom. The summed E-state index contributed by atoms with van der Waals surface area (Å²) in [6, 6.07) is 101. The topological polar surface area (TPSA) is 8.17 Å². The van der Waals surface area contributed by atoms with Crippen molar-refractivity contribution in [2.24, 2.45) is 0 Å². The van der Waals surface area contributed by atoms with Crippen LogP contribution in [0.4, 0.5) is 17.1 Å². The minimum Gasteiger partial charge on any atom is -0.310 e. The Balaban J connectivity index is 0.979. The molecule has 0 saturated carbocycles. The summed E-state index contributed by atoms with van der Waals surface area (Å²) in [5, 5.41) is 2.48. The van der Waals surface area contributed by atoms with E-state index in [1.807, 2.05) is 0 Å². The molecular formula is C66H46N2. The average Bonchev–Trinajstić information content (AvgIpc) is 3.76. The molecule has 11 aromatic carbocycles. The molecule has 2 nitrogen and oxygen atoms in total. The van der Waals surface area contributed by atoms with Gasteiger partial charge in [-0.25, -0.2) is 0 Å². The summed E-state index contributed by atoms with van der Waals surface area (Å²) in [4.78, 5) is 2.42. The molecule has 0 radical (unpaired) electrons. The highest BCUT2D eigenvalue weighted by Gasteiger charge is 2.21. The SMILES string of the molecule is c1ccc(-c2cccc(-c3ccc(N(c4ccc(-c5ccc6c(c5)c5ccccc5n6-c5ccccc5)cc4)c4ccccc4-c4ccccc4-c4ccccc4-c4ccccc4)cc3)c2)cc1. The maximum atomic E-state index is 2.42. The summed E-state index contributed by atoms with van der Waals surface area (Å²) >= 11 is 0. The summed E-state index contributed by atoms with van der Waals surface area (Å²) in [5.41, 5.74) is 21.0. The van der Waals surface area contributed by atoms with Crippen LogP contribution in [0.2, 0.25) is 0 Å². The van der Waals surface area contributed by atoms with E-state index < -0.39 is 0 Å². The number of anilines is 3. The molecule has 0 saturated heterocycles. The van der Waals surface area contributed by atoms with Crippen LogP contribution in [0.3, 0.4) is 0 Å². The van der Waals surface area contributed by atoms with Crippen LogP contribution in [0.25, 0.3) is 94.3 Å². The molecule has 2 heteroatoms. The van der Waals surface area contributed by atoms with Gasteiger partial charge < -0.3 is 9.47 Å². The van der Waals surface area contributed by atoms with Gasteiger partial charge in [0.15, 0.2) is 0 Å². The monoisotopic (exact) mass is 866 g/mol. The third-order valence-corrected chi connectivity index (χ3v) is 13.2. The molecule has 0 aliphatic heterocycles. The molecule has 0 amide bonds. The van der Waals surface area contributed by atoms with E-state index in [0.29, 0.717) is 0 Å². The fourth-order valence-corrected chi connectivity index (χ4v) is 9.99. The molecule has 0 aliphatic carbocycles. The van der Waals surface area contributed by atoms with Crippen molar-refractivity contribution in [1.29, 1.82) is 0 Å². The third kappa shape index (κ3) is 7.54. The van der Waals surface area contributed by atoms with E-state index >= 15 is 0 Å². The number of aromatic nitrogens is 1. The fraction of sp³-hybridized carbons (Fsp3) is 0. The molecule has 12 aromatic rings. The van der Waals surface area contributed by atoms with Crippen molar-refractivity contribution < 1.29 is 0 Å². The number of hydrogen-bond donors (Lipinski definition) is 0. The van der Waals surface area contributed by atoms with Crippen LogP contribution in [-0.2, 0) is 0 Å². The molecular weight excluding hydrogens is 821 g/mol. The smallest absolute Gasteiger partial charge is 0.0541 e. The first-order valence-electron chi connectivity index (χ1n) is 23.3. The molecule has 68 heavy (non-hydrogen) atoms. The second kappa shape index (κ2) is 17.8. The first-order valence-corrected chi connectivity index (χ1v) is 23.3. The predicted molar refractivity (Wildman–Crippen MR) is 288 cm³/mol. The molecule has 0 fully saturated rings. The highest BCUT2D eigenvalue weighted by molar-refractivity contribution is 6.10. The normalized spacial score (nSPS) is 11.2. The largest absolute Gasteiger partial charge is 0.310 e. The lowest BCUT2D eigenvalue weighted by molar-refractivity contribution is 1.18. The molecule has 320 valence electrons. The van der Waals surface area contributed by atoms with Crippen molar-refractivity contribution in [3.05, 3.63) is 279 Å². The van der Waals surface area contributed by atoms with Crippen molar-refractivity contribution in [3.63, 3.8) is 0 Å². The Morgan fingerprint density at radius 1 is 0.235 bits per heavy atom. The van der Waals surface area contributed by atoms with Gasteiger partial charge in [0.25, 0.3) is 0 Å². The van der Waals surface area contributed by atoms with E-state index in [0.717, 1.165) is 33.9 Å². The van der Waals surface area contributed by atoms with E-state index in [1.54, 1.807) is 0 Å². The zero-order valence-electron chi connectivity index (χ0n) is 37.5. The lowest BCUT2D eigenvalue weighted by Gasteiger charge is -2.29. The second-order valence-corrected chi connectivity index (χ2v) is 17.3. The molecule has 0 spiro atoms. The van der Waals surface area contributed by atoms with Gasteiger partial charge in [0.05, 0.1) is 16.7 Å². The summed E-state index contributed by atoms with van der Waals surface area (Å²) < 4.78 is 2.37. The van der Waals surface area contributed by atoms with Crippen LogP contribution in [0.15, 0.2) is 279 Å². The minimum atomic E-state index is 1.07. The third-order valence-electron chi connectivity index (χ3n) is 13.2. The van der Waals surface area contributed by atoms with Crippen molar-refractivity contribution >= 4 is 38.9 Å². The van der Waals surface area contributed by atoms with Gasteiger partial charge in [0.1, 0.15) is 0 Å². The number of hydrogen-bond acceptors (Lipinski definition) is 1. The van der Waals surface area contributed by atoms with Crippen molar-refractivity contribution in [2.45, 2.75) is 0 Å². The Bertz CT molecular complexity index is 3700. The summed E-state index contributed by atoms with van der Waals surface area (Å²) in [6.45, 7) is 0. The number of fused-ring (bicyclic) bond motifs is 3. The molecule has 1 aromatic heterocycles. The number of rotatable bonds is 10. The van der Waals surface area contributed by atoms with E-state index in [-0.39, 0.29) is 0 Å². The van der Waals surface area contributed by atoms with E-state index in [1.165, 1.54) is 77.4 Å². The lowest BCUT2D eigenvalue weighted by atomic mass is 9.88. The summed E-state index contributed by atoms with van der Waals surface area (Å²) in [6.07, 6.45) is 0. The zero-order valence-corrected chi connectivity index (χ0v) is 37.5. The Morgan fingerprint density at radius 2 is 0.647 bits per heavy atom. The van der Waals surface area contributed by atoms with Gasteiger partial charge in [-0.1, -0.05) is 212 Å². The predicted octanol–water partition coefficient (Wildman–Crippen LogP) is 18.3.